The number of methoxy groups -OCH3 is 1. The lowest BCUT2D eigenvalue weighted by Crippen LogP contribution is -2.35. The van der Waals surface area contributed by atoms with Crippen LogP contribution in [-0.4, -0.2) is 25.3 Å². The van der Waals surface area contributed by atoms with Crippen LogP contribution in [0.4, 0.5) is 14.5 Å². The molecule has 0 bridgehead atoms. The van der Waals surface area contributed by atoms with Gasteiger partial charge in [0.15, 0.2) is 17.4 Å². The van der Waals surface area contributed by atoms with E-state index in [1.54, 1.807) is 16.7 Å². The summed E-state index contributed by atoms with van der Waals surface area (Å²) in [5, 5.41) is 0. The molecule has 22 heavy (non-hydrogen) atoms. The summed E-state index contributed by atoms with van der Waals surface area (Å²) in [6, 6.07) is 9.50. The average Bonchev–Trinajstić information content (AvgIpc) is 2.53. The molecule has 1 aliphatic heterocycles. The van der Waals surface area contributed by atoms with E-state index < -0.39 is 23.3 Å². The third-order valence-corrected chi connectivity index (χ3v) is 4.47. The molecule has 1 aliphatic rings. The molecule has 0 aromatic heterocycles. The second-order valence-electron chi connectivity index (χ2n) is 4.75. The topological polar surface area (TPSA) is 29.5 Å². The number of thioether (sulfide) groups is 1. The van der Waals surface area contributed by atoms with Crippen LogP contribution in [0.1, 0.15) is 10.4 Å². The number of anilines is 1. The first-order valence-electron chi connectivity index (χ1n) is 6.68. The lowest BCUT2D eigenvalue weighted by molar-refractivity contribution is 0.0986. The summed E-state index contributed by atoms with van der Waals surface area (Å²) >= 11 is 1.66. The fourth-order valence-corrected chi connectivity index (χ4v) is 3.41. The number of fused-ring (bicyclic) bond motifs is 1. The molecule has 1 amide bonds. The van der Waals surface area contributed by atoms with Crippen LogP contribution in [0.5, 0.6) is 5.75 Å². The van der Waals surface area contributed by atoms with E-state index in [2.05, 4.69) is 4.74 Å². The summed E-state index contributed by atoms with van der Waals surface area (Å²) < 4.78 is 32.2. The molecule has 3 rings (SSSR count). The number of ether oxygens (including phenoxy) is 1. The van der Waals surface area contributed by atoms with E-state index in [1.807, 2.05) is 24.3 Å². The standard InChI is InChI=1S/C16H13F2NO2S/c1-21-15-11(17)8-10(9-12(15)18)16(20)19-6-7-22-14-5-3-2-4-13(14)19/h2-5,8-9H,6-7H2,1H3. The molecular weight excluding hydrogens is 308 g/mol. The molecule has 0 radical (unpaired) electrons. The van der Waals surface area contributed by atoms with Crippen molar-refractivity contribution in [1.82, 2.24) is 0 Å². The van der Waals surface area contributed by atoms with Crippen LogP contribution in [0.2, 0.25) is 0 Å². The molecule has 114 valence electrons. The number of carbonyl (C=O) groups excluding carboxylic acids is 1. The van der Waals surface area contributed by atoms with Crippen molar-refractivity contribution in [2.75, 3.05) is 24.3 Å². The predicted molar refractivity (Wildman–Crippen MR) is 81.8 cm³/mol. The van der Waals surface area contributed by atoms with Gasteiger partial charge in [0, 0.05) is 22.8 Å². The Morgan fingerprint density at radius 2 is 1.91 bits per heavy atom. The summed E-state index contributed by atoms with van der Waals surface area (Å²) in [4.78, 5) is 15.1. The lowest BCUT2D eigenvalue weighted by Gasteiger charge is -2.29. The van der Waals surface area contributed by atoms with Gasteiger partial charge in [0.05, 0.1) is 12.8 Å². The third kappa shape index (κ3) is 2.54. The van der Waals surface area contributed by atoms with Gasteiger partial charge in [-0.1, -0.05) is 12.1 Å². The highest BCUT2D eigenvalue weighted by atomic mass is 32.2. The molecule has 0 saturated carbocycles. The first-order chi connectivity index (χ1) is 10.6. The number of rotatable bonds is 2. The van der Waals surface area contributed by atoms with E-state index in [0.717, 1.165) is 28.5 Å². The Morgan fingerprint density at radius 3 is 2.59 bits per heavy atom. The maximum Gasteiger partial charge on any atom is 0.258 e. The van der Waals surface area contributed by atoms with Crippen LogP contribution in [0.25, 0.3) is 0 Å². The van der Waals surface area contributed by atoms with E-state index in [-0.39, 0.29) is 5.56 Å². The molecule has 2 aromatic carbocycles. The predicted octanol–water partition coefficient (Wildman–Crippen LogP) is 3.73. The van der Waals surface area contributed by atoms with Gasteiger partial charge in [-0.25, -0.2) is 8.78 Å². The number of carbonyl (C=O) groups is 1. The van der Waals surface area contributed by atoms with E-state index in [9.17, 15) is 13.6 Å². The number of amides is 1. The number of benzene rings is 2. The number of nitrogens with zero attached hydrogens (tertiary/aromatic N) is 1. The van der Waals surface area contributed by atoms with Gasteiger partial charge in [-0.2, -0.15) is 0 Å². The molecular formula is C16H13F2NO2S. The van der Waals surface area contributed by atoms with Gasteiger partial charge in [-0.05, 0) is 24.3 Å². The van der Waals surface area contributed by atoms with Crippen molar-refractivity contribution in [3.63, 3.8) is 0 Å². The van der Waals surface area contributed by atoms with E-state index in [1.165, 1.54) is 7.11 Å². The maximum atomic E-state index is 13.8. The monoisotopic (exact) mass is 321 g/mol. The lowest BCUT2D eigenvalue weighted by atomic mass is 10.1. The minimum Gasteiger partial charge on any atom is -0.491 e. The third-order valence-electron chi connectivity index (χ3n) is 3.42. The van der Waals surface area contributed by atoms with Crippen molar-refractivity contribution >= 4 is 23.4 Å². The average molecular weight is 321 g/mol. The van der Waals surface area contributed by atoms with Crippen molar-refractivity contribution < 1.29 is 18.3 Å². The van der Waals surface area contributed by atoms with Gasteiger partial charge in [0.1, 0.15) is 0 Å². The van der Waals surface area contributed by atoms with Crippen LogP contribution in [0.3, 0.4) is 0 Å². The zero-order chi connectivity index (χ0) is 15.7. The summed E-state index contributed by atoms with van der Waals surface area (Å²) in [5.41, 5.74) is 0.734. The molecule has 0 N–H and O–H groups in total. The number of hydrogen-bond donors (Lipinski definition) is 0. The van der Waals surface area contributed by atoms with Crippen LogP contribution in [-0.2, 0) is 0 Å². The molecule has 0 unspecified atom stereocenters. The van der Waals surface area contributed by atoms with Crippen LogP contribution in [0.15, 0.2) is 41.3 Å². The molecule has 6 heteroatoms. The Bertz CT molecular complexity index is 713. The number of para-hydroxylation sites is 1. The second-order valence-corrected chi connectivity index (χ2v) is 5.88. The summed E-state index contributed by atoms with van der Waals surface area (Å²) in [6.45, 7) is 0.496. The van der Waals surface area contributed by atoms with Crippen molar-refractivity contribution in [3.8, 4) is 5.75 Å². The minimum absolute atomic E-state index is 0.0301. The molecule has 0 atom stereocenters. The molecule has 3 nitrogen and oxygen atoms in total. The fraction of sp³-hybridized carbons (Fsp3) is 0.188. The van der Waals surface area contributed by atoms with E-state index >= 15 is 0 Å². The Kier molecular flexibility index (Phi) is 4.02. The van der Waals surface area contributed by atoms with Crippen molar-refractivity contribution in [2.45, 2.75) is 4.90 Å². The maximum absolute atomic E-state index is 13.8. The first kappa shape index (κ1) is 14.8. The highest BCUT2D eigenvalue weighted by molar-refractivity contribution is 7.99. The normalized spacial score (nSPS) is 13.7. The number of hydrogen-bond acceptors (Lipinski definition) is 3. The van der Waals surface area contributed by atoms with Gasteiger partial charge in [-0.3, -0.25) is 4.79 Å². The van der Waals surface area contributed by atoms with Crippen LogP contribution < -0.4 is 9.64 Å². The molecule has 0 spiro atoms. The minimum atomic E-state index is -0.884. The highest BCUT2D eigenvalue weighted by Crippen LogP contribution is 2.35. The van der Waals surface area contributed by atoms with Crippen molar-refractivity contribution in [2.24, 2.45) is 0 Å². The summed E-state index contributed by atoms with van der Waals surface area (Å²) in [7, 11) is 1.18. The Hall–Kier alpha value is -2.08. The quantitative estimate of drug-likeness (QED) is 0.844. The molecule has 2 aromatic rings. The summed E-state index contributed by atoms with van der Waals surface area (Å²) in [5.74, 6) is -1.93. The van der Waals surface area contributed by atoms with Gasteiger partial charge in [-0.15, -0.1) is 11.8 Å². The molecule has 0 saturated heterocycles. The first-order valence-corrected chi connectivity index (χ1v) is 7.67. The molecule has 0 fully saturated rings. The number of halogens is 2. The second kappa shape index (κ2) is 5.96. The van der Waals surface area contributed by atoms with Gasteiger partial charge < -0.3 is 9.64 Å². The van der Waals surface area contributed by atoms with Gasteiger partial charge >= 0.3 is 0 Å². The highest BCUT2D eigenvalue weighted by Gasteiger charge is 2.25. The zero-order valence-electron chi connectivity index (χ0n) is 11.8. The summed E-state index contributed by atoms with van der Waals surface area (Å²) in [6.07, 6.45) is 0. The van der Waals surface area contributed by atoms with Crippen LogP contribution in [0, 0.1) is 11.6 Å². The van der Waals surface area contributed by atoms with Crippen LogP contribution >= 0.6 is 11.8 Å². The Balaban J connectivity index is 1.99. The smallest absolute Gasteiger partial charge is 0.258 e. The fourth-order valence-electron chi connectivity index (χ4n) is 2.41. The van der Waals surface area contributed by atoms with Gasteiger partial charge in [0.25, 0.3) is 5.91 Å². The van der Waals surface area contributed by atoms with E-state index in [0.29, 0.717) is 6.54 Å². The Labute approximate surface area is 130 Å². The van der Waals surface area contributed by atoms with Crippen molar-refractivity contribution in [1.29, 1.82) is 0 Å². The molecule has 0 aliphatic carbocycles. The Morgan fingerprint density at radius 1 is 1.23 bits per heavy atom. The van der Waals surface area contributed by atoms with Gasteiger partial charge in [0.2, 0.25) is 0 Å². The largest absolute Gasteiger partial charge is 0.491 e. The van der Waals surface area contributed by atoms with Crippen molar-refractivity contribution in [3.05, 3.63) is 53.6 Å². The molecule has 1 heterocycles. The SMILES string of the molecule is COc1c(F)cc(C(=O)N2CCSc3ccccc32)cc1F. The van der Waals surface area contributed by atoms with E-state index in [4.69, 9.17) is 0 Å². The zero-order valence-corrected chi connectivity index (χ0v) is 12.6.